The zero-order valence-electron chi connectivity index (χ0n) is 17.5. The summed E-state index contributed by atoms with van der Waals surface area (Å²) in [6.07, 6.45) is 3.09. The van der Waals surface area contributed by atoms with E-state index in [4.69, 9.17) is 4.42 Å². The number of anilines is 1. The summed E-state index contributed by atoms with van der Waals surface area (Å²) in [5.74, 6) is 0.728. The Morgan fingerprint density at radius 3 is 2.77 bits per heavy atom. The molecule has 1 aliphatic heterocycles. The molecule has 0 atom stereocenters. The van der Waals surface area contributed by atoms with Gasteiger partial charge in [-0.15, -0.1) is 11.3 Å². The van der Waals surface area contributed by atoms with E-state index in [1.54, 1.807) is 23.7 Å². The zero-order chi connectivity index (χ0) is 21.6. The number of piperidine rings is 1. The van der Waals surface area contributed by atoms with Crippen LogP contribution in [-0.4, -0.2) is 41.3 Å². The molecule has 4 rings (SSSR count). The van der Waals surface area contributed by atoms with E-state index in [9.17, 15) is 9.59 Å². The number of likely N-dealkylation sites (tertiary alicyclic amines) is 1. The van der Waals surface area contributed by atoms with E-state index >= 15 is 0 Å². The summed E-state index contributed by atoms with van der Waals surface area (Å²) < 4.78 is 5.24. The van der Waals surface area contributed by atoms with Crippen LogP contribution in [0.3, 0.4) is 0 Å². The van der Waals surface area contributed by atoms with Gasteiger partial charge in [0.1, 0.15) is 5.76 Å². The molecule has 1 aromatic carbocycles. The Bertz CT molecular complexity index is 1020. The molecule has 7 nitrogen and oxygen atoms in total. The molecule has 0 unspecified atom stereocenters. The highest BCUT2D eigenvalue weighted by molar-refractivity contribution is 7.09. The lowest BCUT2D eigenvalue weighted by Crippen LogP contribution is -2.43. The Hall–Kier alpha value is -2.97. The van der Waals surface area contributed by atoms with Gasteiger partial charge in [0.2, 0.25) is 11.8 Å². The number of aryl methyl sites for hydroxylation is 1. The van der Waals surface area contributed by atoms with E-state index < -0.39 is 0 Å². The smallest absolute Gasteiger partial charge is 0.238 e. The topological polar surface area (TPSA) is 87.5 Å². The Balaban J connectivity index is 1.22. The minimum atomic E-state index is -0.0488. The second-order valence-electron chi connectivity index (χ2n) is 7.73. The summed E-state index contributed by atoms with van der Waals surface area (Å²) in [5.41, 5.74) is 2.68. The number of aromatic nitrogens is 1. The molecule has 8 heteroatoms. The summed E-state index contributed by atoms with van der Waals surface area (Å²) in [6.45, 7) is 4.16. The summed E-state index contributed by atoms with van der Waals surface area (Å²) in [4.78, 5) is 31.5. The van der Waals surface area contributed by atoms with Crippen LogP contribution in [0.25, 0.3) is 11.3 Å². The molecule has 0 saturated carbocycles. The molecular formula is C23H26N4O3S. The van der Waals surface area contributed by atoms with Crippen molar-refractivity contribution in [2.75, 3.05) is 25.0 Å². The third kappa shape index (κ3) is 5.80. The van der Waals surface area contributed by atoms with Gasteiger partial charge in [-0.05, 0) is 57.1 Å². The van der Waals surface area contributed by atoms with Crippen LogP contribution in [0.1, 0.15) is 23.6 Å². The first-order valence-electron chi connectivity index (χ1n) is 10.4. The number of carbonyl (C=O) groups excluding carboxylic acids is 2. The van der Waals surface area contributed by atoms with Crippen molar-refractivity contribution in [1.29, 1.82) is 0 Å². The molecule has 2 N–H and O–H groups in total. The van der Waals surface area contributed by atoms with Crippen molar-refractivity contribution in [3.05, 3.63) is 58.8 Å². The van der Waals surface area contributed by atoms with Crippen molar-refractivity contribution >= 4 is 28.8 Å². The first-order chi connectivity index (χ1) is 15.1. The van der Waals surface area contributed by atoms with Crippen molar-refractivity contribution in [2.24, 2.45) is 5.92 Å². The molecule has 0 aliphatic carbocycles. The number of furan rings is 1. The highest BCUT2D eigenvalue weighted by Crippen LogP contribution is 2.24. The minimum absolute atomic E-state index is 0.0208. The number of amides is 2. The minimum Gasteiger partial charge on any atom is -0.467 e. The maximum absolute atomic E-state index is 12.5. The summed E-state index contributed by atoms with van der Waals surface area (Å²) in [6, 6.07) is 11.4. The fraction of sp³-hybridized carbons (Fsp3) is 0.348. The van der Waals surface area contributed by atoms with Crippen molar-refractivity contribution in [3.63, 3.8) is 0 Å². The molecule has 1 saturated heterocycles. The van der Waals surface area contributed by atoms with Gasteiger partial charge in [-0.1, -0.05) is 12.1 Å². The van der Waals surface area contributed by atoms with Gasteiger partial charge in [-0.2, -0.15) is 0 Å². The molecule has 0 bridgehead atoms. The second kappa shape index (κ2) is 9.89. The van der Waals surface area contributed by atoms with Crippen molar-refractivity contribution < 1.29 is 14.0 Å². The number of benzene rings is 1. The summed E-state index contributed by atoms with van der Waals surface area (Å²) in [5, 5.41) is 8.95. The fourth-order valence-corrected chi connectivity index (χ4v) is 4.36. The second-order valence-corrected chi connectivity index (χ2v) is 8.79. The first kappa shape index (κ1) is 21.3. The van der Waals surface area contributed by atoms with Gasteiger partial charge < -0.3 is 15.1 Å². The third-order valence-electron chi connectivity index (χ3n) is 5.40. The highest BCUT2D eigenvalue weighted by atomic mass is 32.1. The van der Waals surface area contributed by atoms with E-state index in [1.165, 1.54) is 0 Å². The molecule has 31 heavy (non-hydrogen) atoms. The van der Waals surface area contributed by atoms with Gasteiger partial charge in [0.15, 0.2) is 0 Å². The predicted molar refractivity (Wildman–Crippen MR) is 121 cm³/mol. The molecule has 2 amide bonds. The van der Waals surface area contributed by atoms with Gasteiger partial charge in [0.25, 0.3) is 0 Å². The highest BCUT2D eigenvalue weighted by Gasteiger charge is 2.26. The van der Waals surface area contributed by atoms with Crippen molar-refractivity contribution in [1.82, 2.24) is 15.2 Å². The van der Waals surface area contributed by atoms with Crippen LogP contribution in [0.2, 0.25) is 0 Å². The van der Waals surface area contributed by atoms with Crippen LogP contribution in [0, 0.1) is 12.8 Å². The molecule has 0 spiro atoms. The van der Waals surface area contributed by atoms with E-state index in [-0.39, 0.29) is 17.7 Å². The molecule has 1 aliphatic rings. The SMILES string of the molecule is Cc1nc(-c2cccc(NC(=O)CN3CCC(C(=O)NCc4ccco4)CC3)c2)cs1. The van der Waals surface area contributed by atoms with Crippen LogP contribution in [0.5, 0.6) is 0 Å². The lowest BCUT2D eigenvalue weighted by Gasteiger charge is -2.30. The molecule has 3 aromatic rings. The summed E-state index contributed by atoms with van der Waals surface area (Å²) >= 11 is 1.61. The standard InChI is InChI=1S/C23H26N4O3S/c1-16-25-21(15-31-16)18-4-2-5-19(12-18)26-22(28)14-27-9-7-17(8-10-27)23(29)24-13-20-6-3-11-30-20/h2-6,11-12,15,17H,7-10,13-14H2,1H3,(H,24,29)(H,26,28). The monoisotopic (exact) mass is 438 g/mol. The van der Waals surface area contributed by atoms with E-state index in [2.05, 4.69) is 20.5 Å². The van der Waals surface area contributed by atoms with Crippen LogP contribution in [-0.2, 0) is 16.1 Å². The Kier molecular flexibility index (Phi) is 6.79. The largest absolute Gasteiger partial charge is 0.467 e. The van der Waals surface area contributed by atoms with Crippen molar-refractivity contribution in [2.45, 2.75) is 26.3 Å². The lowest BCUT2D eigenvalue weighted by molar-refractivity contribution is -0.126. The fourth-order valence-electron chi connectivity index (χ4n) is 3.74. The van der Waals surface area contributed by atoms with Gasteiger partial charge in [0, 0.05) is 22.5 Å². The van der Waals surface area contributed by atoms with E-state index in [0.29, 0.717) is 13.1 Å². The summed E-state index contributed by atoms with van der Waals surface area (Å²) in [7, 11) is 0. The molecule has 162 valence electrons. The number of hydrogen-bond acceptors (Lipinski definition) is 6. The third-order valence-corrected chi connectivity index (χ3v) is 6.18. The van der Waals surface area contributed by atoms with Gasteiger partial charge >= 0.3 is 0 Å². The maximum atomic E-state index is 12.5. The molecular weight excluding hydrogens is 412 g/mol. The first-order valence-corrected chi connectivity index (χ1v) is 11.3. The van der Waals surface area contributed by atoms with Crippen LogP contribution in [0.15, 0.2) is 52.5 Å². The predicted octanol–water partition coefficient (Wildman–Crippen LogP) is 3.68. The Labute approximate surface area is 185 Å². The number of nitrogens with zero attached hydrogens (tertiary/aromatic N) is 2. The van der Waals surface area contributed by atoms with E-state index in [1.807, 2.05) is 42.6 Å². The average Bonchev–Trinajstić information content (AvgIpc) is 3.44. The average molecular weight is 439 g/mol. The van der Waals surface area contributed by atoms with Crippen molar-refractivity contribution in [3.8, 4) is 11.3 Å². The normalized spacial score (nSPS) is 15.0. The molecule has 3 heterocycles. The molecule has 1 fully saturated rings. The lowest BCUT2D eigenvalue weighted by atomic mass is 9.96. The van der Waals surface area contributed by atoms with Gasteiger partial charge in [0.05, 0.1) is 30.1 Å². The quantitative estimate of drug-likeness (QED) is 0.588. The van der Waals surface area contributed by atoms with Gasteiger partial charge in [-0.25, -0.2) is 4.98 Å². The van der Waals surface area contributed by atoms with Crippen LogP contribution < -0.4 is 10.6 Å². The van der Waals surface area contributed by atoms with Crippen LogP contribution >= 0.6 is 11.3 Å². The number of thiazole rings is 1. The van der Waals surface area contributed by atoms with Gasteiger partial charge in [-0.3, -0.25) is 14.5 Å². The van der Waals surface area contributed by atoms with E-state index in [0.717, 1.165) is 53.6 Å². The Morgan fingerprint density at radius 1 is 1.23 bits per heavy atom. The number of hydrogen-bond donors (Lipinski definition) is 2. The molecule has 2 aromatic heterocycles. The number of nitrogens with one attached hydrogen (secondary N) is 2. The van der Waals surface area contributed by atoms with Crippen LogP contribution in [0.4, 0.5) is 5.69 Å². The zero-order valence-corrected chi connectivity index (χ0v) is 18.3. The maximum Gasteiger partial charge on any atom is 0.238 e. The number of carbonyl (C=O) groups is 2. The molecule has 0 radical (unpaired) electrons. The number of rotatable bonds is 7. The Morgan fingerprint density at radius 2 is 2.06 bits per heavy atom.